The van der Waals surface area contributed by atoms with Gasteiger partial charge in [0.2, 0.25) is 0 Å². The quantitative estimate of drug-likeness (QED) is 0.662. The Labute approximate surface area is 131 Å². The van der Waals surface area contributed by atoms with Crippen molar-refractivity contribution in [1.82, 2.24) is 9.55 Å². The first-order valence-electron chi connectivity index (χ1n) is 6.68. The van der Waals surface area contributed by atoms with E-state index in [1.54, 1.807) is 12.3 Å². The second-order valence-electron chi connectivity index (χ2n) is 5.05. The van der Waals surface area contributed by atoms with Gasteiger partial charge >= 0.3 is 0 Å². The molecule has 3 rings (SSSR count). The lowest BCUT2D eigenvalue weighted by molar-refractivity contribution is 0.455. The number of aromatic nitrogens is 2. The summed E-state index contributed by atoms with van der Waals surface area (Å²) >= 11 is 11.2. The number of aryl methyl sites for hydroxylation is 1. The van der Waals surface area contributed by atoms with E-state index in [4.69, 9.17) is 28.2 Å². The molecule has 3 aromatic rings. The smallest absolute Gasteiger partial charge is 0.178 e. The summed E-state index contributed by atoms with van der Waals surface area (Å²) in [7, 11) is 0. The van der Waals surface area contributed by atoms with Crippen LogP contribution in [0.4, 0.5) is 4.39 Å². The van der Waals surface area contributed by atoms with E-state index >= 15 is 0 Å². The summed E-state index contributed by atoms with van der Waals surface area (Å²) < 4.78 is 21.5. The summed E-state index contributed by atoms with van der Waals surface area (Å²) in [5, 5.41) is 0.0918. The molecular formula is C15H14ClFN2OS. The highest BCUT2D eigenvalue weighted by molar-refractivity contribution is 7.71. The van der Waals surface area contributed by atoms with Crippen molar-refractivity contribution in [1.29, 1.82) is 0 Å². The van der Waals surface area contributed by atoms with Gasteiger partial charge in [0.25, 0.3) is 0 Å². The number of imidazole rings is 1. The van der Waals surface area contributed by atoms with Crippen molar-refractivity contribution in [3.05, 3.63) is 51.9 Å². The van der Waals surface area contributed by atoms with Gasteiger partial charge < -0.3 is 14.0 Å². The average Bonchev–Trinajstić information content (AvgIpc) is 3.04. The Morgan fingerprint density at radius 1 is 1.48 bits per heavy atom. The molecule has 2 aromatic heterocycles. The monoisotopic (exact) mass is 324 g/mol. The highest BCUT2D eigenvalue weighted by Gasteiger charge is 2.14. The molecule has 0 saturated heterocycles. The molecule has 0 fully saturated rings. The van der Waals surface area contributed by atoms with Crippen molar-refractivity contribution in [2.45, 2.75) is 25.8 Å². The Balaban J connectivity index is 1.93. The number of halogens is 2. The Hall–Kier alpha value is -1.59. The molecule has 6 heteroatoms. The summed E-state index contributed by atoms with van der Waals surface area (Å²) in [6, 6.07) is 6.93. The Bertz CT molecular complexity index is 822. The average molecular weight is 325 g/mol. The third-order valence-corrected chi connectivity index (χ3v) is 4.18. The van der Waals surface area contributed by atoms with Crippen LogP contribution in [0.25, 0.3) is 11.0 Å². The van der Waals surface area contributed by atoms with Gasteiger partial charge in [-0.15, -0.1) is 0 Å². The van der Waals surface area contributed by atoms with Crippen molar-refractivity contribution >= 4 is 34.9 Å². The maximum absolute atomic E-state index is 13.7. The molecule has 3 nitrogen and oxygen atoms in total. The van der Waals surface area contributed by atoms with E-state index in [1.807, 2.05) is 16.7 Å². The Kier molecular flexibility index (Phi) is 3.87. The van der Waals surface area contributed by atoms with Crippen LogP contribution in [-0.2, 0) is 6.42 Å². The van der Waals surface area contributed by atoms with Crippen molar-refractivity contribution in [3.8, 4) is 0 Å². The molecule has 0 aliphatic rings. The SMILES string of the molecule is CC(CCc1ccco1)n1c(=S)[nH]c2cc(Cl)c(F)cc21. The summed E-state index contributed by atoms with van der Waals surface area (Å²) in [5.74, 6) is 0.493. The minimum Gasteiger partial charge on any atom is -0.469 e. The van der Waals surface area contributed by atoms with Gasteiger partial charge in [-0.2, -0.15) is 0 Å². The molecule has 0 saturated carbocycles. The molecule has 21 heavy (non-hydrogen) atoms. The highest BCUT2D eigenvalue weighted by Crippen LogP contribution is 2.26. The van der Waals surface area contributed by atoms with E-state index in [9.17, 15) is 4.39 Å². The van der Waals surface area contributed by atoms with Gasteiger partial charge in [-0.3, -0.25) is 0 Å². The number of fused-ring (bicyclic) bond motifs is 1. The van der Waals surface area contributed by atoms with Crippen molar-refractivity contribution in [2.75, 3.05) is 0 Å². The van der Waals surface area contributed by atoms with Crippen LogP contribution in [0.5, 0.6) is 0 Å². The van der Waals surface area contributed by atoms with E-state index in [1.165, 1.54) is 6.07 Å². The fourth-order valence-electron chi connectivity index (χ4n) is 2.49. The summed E-state index contributed by atoms with van der Waals surface area (Å²) in [6.07, 6.45) is 3.31. The predicted octanol–water partition coefficient (Wildman–Crippen LogP) is 5.28. The third kappa shape index (κ3) is 2.76. The molecule has 0 radical (unpaired) electrons. The first kappa shape index (κ1) is 14.4. The van der Waals surface area contributed by atoms with Crippen LogP contribution >= 0.6 is 23.8 Å². The standard InChI is InChI=1S/C15H14ClFN2OS/c1-9(4-5-10-3-2-6-20-10)19-14-8-12(17)11(16)7-13(14)18-15(19)21/h2-3,6-9H,4-5H2,1H3,(H,18,21). The lowest BCUT2D eigenvalue weighted by Gasteiger charge is -2.14. The lowest BCUT2D eigenvalue weighted by atomic mass is 10.1. The normalized spacial score (nSPS) is 12.9. The first-order valence-corrected chi connectivity index (χ1v) is 7.46. The predicted molar refractivity (Wildman–Crippen MR) is 83.8 cm³/mol. The van der Waals surface area contributed by atoms with E-state index in [-0.39, 0.29) is 11.1 Å². The zero-order valence-corrected chi connectivity index (χ0v) is 13.0. The number of rotatable bonds is 4. The van der Waals surface area contributed by atoms with Gasteiger partial charge in [0.15, 0.2) is 4.77 Å². The summed E-state index contributed by atoms with van der Waals surface area (Å²) in [6.45, 7) is 2.05. The number of H-pyrrole nitrogens is 1. The second kappa shape index (κ2) is 5.66. The van der Waals surface area contributed by atoms with Crippen LogP contribution in [-0.4, -0.2) is 9.55 Å². The van der Waals surface area contributed by atoms with Crippen LogP contribution in [0.1, 0.15) is 25.1 Å². The van der Waals surface area contributed by atoms with E-state index in [0.29, 0.717) is 4.77 Å². The zero-order valence-electron chi connectivity index (χ0n) is 11.4. The maximum Gasteiger partial charge on any atom is 0.178 e. The largest absolute Gasteiger partial charge is 0.469 e. The zero-order chi connectivity index (χ0) is 15.0. The van der Waals surface area contributed by atoms with E-state index in [0.717, 1.165) is 29.6 Å². The molecule has 0 spiro atoms. The summed E-state index contributed by atoms with van der Waals surface area (Å²) in [5.41, 5.74) is 1.48. The molecule has 1 aromatic carbocycles. The number of furan rings is 1. The van der Waals surface area contributed by atoms with Gasteiger partial charge in [0.1, 0.15) is 11.6 Å². The van der Waals surface area contributed by atoms with Gasteiger partial charge in [-0.25, -0.2) is 4.39 Å². The number of aromatic amines is 1. The molecular weight excluding hydrogens is 311 g/mol. The Morgan fingerprint density at radius 2 is 2.29 bits per heavy atom. The van der Waals surface area contributed by atoms with Gasteiger partial charge in [-0.1, -0.05) is 11.6 Å². The van der Waals surface area contributed by atoms with Gasteiger partial charge in [-0.05, 0) is 43.8 Å². The summed E-state index contributed by atoms with van der Waals surface area (Å²) in [4.78, 5) is 3.07. The second-order valence-corrected chi connectivity index (χ2v) is 5.84. The molecule has 0 aliphatic heterocycles. The van der Waals surface area contributed by atoms with Gasteiger partial charge in [0, 0.05) is 18.5 Å². The van der Waals surface area contributed by atoms with Gasteiger partial charge in [0.05, 0.1) is 22.3 Å². The molecule has 1 N–H and O–H groups in total. The fourth-order valence-corrected chi connectivity index (χ4v) is 3.05. The van der Waals surface area contributed by atoms with E-state index < -0.39 is 5.82 Å². The first-order chi connectivity index (χ1) is 10.1. The number of hydrogen-bond acceptors (Lipinski definition) is 2. The lowest BCUT2D eigenvalue weighted by Crippen LogP contribution is -2.06. The molecule has 2 heterocycles. The van der Waals surface area contributed by atoms with Crippen LogP contribution in [0, 0.1) is 10.6 Å². The topological polar surface area (TPSA) is 33.9 Å². The number of benzene rings is 1. The molecule has 0 amide bonds. The molecule has 1 atom stereocenters. The van der Waals surface area contributed by atoms with Crippen molar-refractivity contribution in [2.24, 2.45) is 0 Å². The molecule has 0 aliphatic carbocycles. The number of nitrogens with zero attached hydrogens (tertiary/aromatic N) is 1. The van der Waals surface area contributed by atoms with Crippen LogP contribution in [0.2, 0.25) is 5.02 Å². The fraction of sp³-hybridized carbons (Fsp3) is 0.267. The Morgan fingerprint density at radius 3 is 3.00 bits per heavy atom. The van der Waals surface area contributed by atoms with Crippen molar-refractivity contribution in [3.63, 3.8) is 0 Å². The van der Waals surface area contributed by atoms with Crippen LogP contribution in [0.3, 0.4) is 0 Å². The molecule has 110 valence electrons. The van der Waals surface area contributed by atoms with E-state index in [2.05, 4.69) is 11.9 Å². The number of nitrogens with one attached hydrogen (secondary N) is 1. The van der Waals surface area contributed by atoms with Crippen LogP contribution in [0.15, 0.2) is 34.9 Å². The van der Waals surface area contributed by atoms with Crippen LogP contribution < -0.4 is 0 Å². The number of hydrogen-bond donors (Lipinski definition) is 1. The minimum atomic E-state index is -0.440. The molecule has 1 unspecified atom stereocenters. The molecule has 0 bridgehead atoms. The third-order valence-electron chi connectivity index (χ3n) is 3.59. The minimum absolute atomic E-state index is 0.0918. The highest BCUT2D eigenvalue weighted by atomic mass is 35.5. The van der Waals surface area contributed by atoms with Crippen molar-refractivity contribution < 1.29 is 8.81 Å². The maximum atomic E-state index is 13.7.